The molecule has 1 aliphatic heterocycles. The summed E-state index contributed by atoms with van der Waals surface area (Å²) >= 11 is 0. The highest BCUT2D eigenvalue weighted by atomic mass is 16.5. The van der Waals surface area contributed by atoms with Crippen LogP contribution in [0, 0.1) is 0 Å². The Morgan fingerprint density at radius 3 is 2.12 bits per heavy atom. The maximum Gasteiger partial charge on any atom is 0.253 e. The molecule has 1 fully saturated rings. The Bertz CT molecular complexity index is 754. The Labute approximate surface area is 156 Å². The number of carbonyl (C=O) groups is 1. The van der Waals surface area contributed by atoms with E-state index in [0.29, 0.717) is 5.56 Å². The molecule has 138 valence electrons. The predicted molar refractivity (Wildman–Crippen MR) is 106 cm³/mol. The van der Waals surface area contributed by atoms with Gasteiger partial charge in [0.15, 0.2) is 0 Å². The minimum absolute atomic E-state index is 0.0939. The van der Waals surface area contributed by atoms with E-state index in [9.17, 15) is 4.79 Å². The average molecular weight is 352 g/mol. The third kappa shape index (κ3) is 3.85. The standard InChI is InChI=1S/C22H28N2O2/c1-22(2,3)19-7-5-6-8-20(19)23-13-15-24(16-14-23)21(25)17-9-11-18(26-4)12-10-17/h5-12H,13-16H2,1-4H3. The summed E-state index contributed by atoms with van der Waals surface area (Å²) in [5, 5.41) is 0. The van der Waals surface area contributed by atoms with Gasteiger partial charge < -0.3 is 14.5 Å². The first-order valence-corrected chi connectivity index (χ1v) is 9.18. The van der Waals surface area contributed by atoms with E-state index in [2.05, 4.69) is 49.9 Å². The number of methoxy groups -OCH3 is 1. The van der Waals surface area contributed by atoms with Crippen molar-refractivity contribution in [3.8, 4) is 5.75 Å². The van der Waals surface area contributed by atoms with Gasteiger partial charge in [0.25, 0.3) is 5.91 Å². The molecule has 0 radical (unpaired) electrons. The first-order valence-electron chi connectivity index (χ1n) is 9.18. The number of hydrogen-bond donors (Lipinski definition) is 0. The highest BCUT2D eigenvalue weighted by Crippen LogP contribution is 2.32. The highest BCUT2D eigenvalue weighted by molar-refractivity contribution is 5.94. The van der Waals surface area contributed by atoms with Crippen LogP contribution < -0.4 is 9.64 Å². The summed E-state index contributed by atoms with van der Waals surface area (Å²) < 4.78 is 5.16. The van der Waals surface area contributed by atoms with Crippen molar-refractivity contribution in [1.82, 2.24) is 4.90 Å². The normalized spacial score (nSPS) is 15.1. The van der Waals surface area contributed by atoms with Crippen LogP contribution in [-0.4, -0.2) is 44.1 Å². The van der Waals surface area contributed by atoms with Gasteiger partial charge in [0.2, 0.25) is 0 Å². The lowest BCUT2D eigenvalue weighted by Crippen LogP contribution is -2.49. The van der Waals surface area contributed by atoms with Crippen molar-refractivity contribution in [2.45, 2.75) is 26.2 Å². The topological polar surface area (TPSA) is 32.8 Å². The molecule has 0 bridgehead atoms. The summed E-state index contributed by atoms with van der Waals surface area (Å²) in [5.74, 6) is 0.863. The highest BCUT2D eigenvalue weighted by Gasteiger charge is 2.26. The molecule has 3 rings (SSSR count). The Kier molecular flexibility index (Phi) is 5.21. The predicted octanol–water partition coefficient (Wildman–Crippen LogP) is 3.96. The van der Waals surface area contributed by atoms with Gasteiger partial charge in [0, 0.05) is 37.4 Å². The average Bonchev–Trinajstić information content (AvgIpc) is 2.67. The molecule has 2 aromatic carbocycles. The molecule has 4 nitrogen and oxygen atoms in total. The van der Waals surface area contributed by atoms with Crippen LogP contribution in [0.5, 0.6) is 5.75 Å². The molecule has 2 aromatic rings. The molecule has 1 aliphatic rings. The Morgan fingerprint density at radius 2 is 1.54 bits per heavy atom. The number of anilines is 1. The van der Waals surface area contributed by atoms with Crippen molar-refractivity contribution in [3.63, 3.8) is 0 Å². The van der Waals surface area contributed by atoms with Gasteiger partial charge in [-0.15, -0.1) is 0 Å². The minimum Gasteiger partial charge on any atom is -0.497 e. The van der Waals surface area contributed by atoms with Crippen LogP contribution in [-0.2, 0) is 5.41 Å². The molecule has 1 saturated heterocycles. The van der Waals surface area contributed by atoms with Gasteiger partial charge >= 0.3 is 0 Å². The molecule has 0 aromatic heterocycles. The SMILES string of the molecule is COc1ccc(C(=O)N2CCN(c3ccccc3C(C)(C)C)CC2)cc1. The lowest BCUT2D eigenvalue weighted by Gasteiger charge is -2.38. The molecular formula is C22H28N2O2. The van der Waals surface area contributed by atoms with Crippen molar-refractivity contribution < 1.29 is 9.53 Å². The second kappa shape index (κ2) is 7.40. The van der Waals surface area contributed by atoms with E-state index >= 15 is 0 Å². The number of para-hydroxylation sites is 1. The summed E-state index contributed by atoms with van der Waals surface area (Å²) in [7, 11) is 1.63. The van der Waals surface area contributed by atoms with Crippen LogP contribution in [0.4, 0.5) is 5.69 Å². The molecule has 4 heteroatoms. The largest absolute Gasteiger partial charge is 0.497 e. The van der Waals surface area contributed by atoms with Crippen molar-refractivity contribution in [1.29, 1.82) is 0 Å². The summed E-state index contributed by atoms with van der Waals surface area (Å²) in [6.45, 7) is 9.93. The number of benzene rings is 2. The quantitative estimate of drug-likeness (QED) is 0.838. The molecular weight excluding hydrogens is 324 g/mol. The number of ether oxygens (including phenoxy) is 1. The van der Waals surface area contributed by atoms with Crippen LogP contribution in [0.3, 0.4) is 0 Å². The third-order valence-electron chi connectivity index (χ3n) is 4.96. The number of amides is 1. The number of hydrogen-bond acceptors (Lipinski definition) is 3. The van der Waals surface area contributed by atoms with Crippen LogP contribution >= 0.6 is 0 Å². The zero-order valence-corrected chi connectivity index (χ0v) is 16.2. The lowest BCUT2D eigenvalue weighted by atomic mass is 9.85. The van der Waals surface area contributed by atoms with Gasteiger partial charge in [0.1, 0.15) is 5.75 Å². The van der Waals surface area contributed by atoms with Crippen molar-refractivity contribution in [2.24, 2.45) is 0 Å². The van der Waals surface area contributed by atoms with E-state index in [-0.39, 0.29) is 11.3 Å². The first kappa shape index (κ1) is 18.3. The number of nitrogens with zero attached hydrogens (tertiary/aromatic N) is 2. The second-order valence-corrected chi connectivity index (χ2v) is 7.77. The van der Waals surface area contributed by atoms with Crippen LogP contribution in [0.15, 0.2) is 48.5 Å². The second-order valence-electron chi connectivity index (χ2n) is 7.77. The number of piperazine rings is 1. The van der Waals surface area contributed by atoms with Gasteiger partial charge in [-0.1, -0.05) is 39.0 Å². The number of carbonyl (C=O) groups excluding carboxylic acids is 1. The summed E-state index contributed by atoms with van der Waals surface area (Å²) in [6, 6.07) is 16.0. The smallest absolute Gasteiger partial charge is 0.253 e. The maximum atomic E-state index is 12.7. The minimum atomic E-state index is 0.0939. The summed E-state index contributed by atoms with van der Waals surface area (Å²) in [4.78, 5) is 17.1. The van der Waals surface area contributed by atoms with Gasteiger partial charge in [0.05, 0.1) is 7.11 Å². The van der Waals surface area contributed by atoms with Crippen molar-refractivity contribution in [3.05, 3.63) is 59.7 Å². The zero-order valence-electron chi connectivity index (χ0n) is 16.2. The maximum absolute atomic E-state index is 12.7. The fourth-order valence-electron chi connectivity index (χ4n) is 3.45. The first-order chi connectivity index (χ1) is 12.4. The zero-order chi connectivity index (χ0) is 18.7. The van der Waals surface area contributed by atoms with Crippen LogP contribution in [0.25, 0.3) is 0 Å². The molecule has 0 aliphatic carbocycles. The Morgan fingerprint density at radius 1 is 0.923 bits per heavy atom. The van der Waals surface area contributed by atoms with Crippen molar-refractivity contribution >= 4 is 11.6 Å². The molecule has 0 spiro atoms. The molecule has 0 N–H and O–H groups in total. The molecule has 0 atom stereocenters. The van der Waals surface area contributed by atoms with E-state index in [0.717, 1.165) is 31.9 Å². The Hall–Kier alpha value is -2.49. The molecule has 0 unspecified atom stereocenters. The van der Waals surface area contributed by atoms with E-state index in [1.54, 1.807) is 7.11 Å². The van der Waals surface area contributed by atoms with Crippen LogP contribution in [0.2, 0.25) is 0 Å². The van der Waals surface area contributed by atoms with Gasteiger partial charge in [-0.3, -0.25) is 4.79 Å². The van der Waals surface area contributed by atoms with E-state index in [1.165, 1.54) is 11.3 Å². The molecule has 26 heavy (non-hydrogen) atoms. The summed E-state index contributed by atoms with van der Waals surface area (Å²) in [6.07, 6.45) is 0. The lowest BCUT2D eigenvalue weighted by molar-refractivity contribution is 0.0746. The van der Waals surface area contributed by atoms with E-state index in [1.807, 2.05) is 29.2 Å². The van der Waals surface area contributed by atoms with Crippen LogP contribution in [0.1, 0.15) is 36.7 Å². The van der Waals surface area contributed by atoms with Gasteiger partial charge in [-0.05, 0) is 41.3 Å². The fraction of sp³-hybridized carbons (Fsp3) is 0.409. The molecule has 1 amide bonds. The number of rotatable bonds is 3. The third-order valence-corrected chi connectivity index (χ3v) is 4.96. The van der Waals surface area contributed by atoms with E-state index in [4.69, 9.17) is 4.74 Å². The monoisotopic (exact) mass is 352 g/mol. The summed E-state index contributed by atoms with van der Waals surface area (Å²) in [5.41, 5.74) is 3.47. The fourth-order valence-corrected chi connectivity index (χ4v) is 3.45. The van der Waals surface area contributed by atoms with Gasteiger partial charge in [-0.25, -0.2) is 0 Å². The molecule has 0 saturated carbocycles. The van der Waals surface area contributed by atoms with Crippen molar-refractivity contribution in [2.75, 3.05) is 38.2 Å². The Balaban J connectivity index is 1.69. The van der Waals surface area contributed by atoms with Gasteiger partial charge in [-0.2, -0.15) is 0 Å². The van der Waals surface area contributed by atoms with E-state index < -0.39 is 0 Å². The molecule has 1 heterocycles.